The number of fused-ring (bicyclic) bond motifs is 1. The highest BCUT2D eigenvalue weighted by Crippen LogP contribution is 2.32. The predicted molar refractivity (Wildman–Crippen MR) is 87.5 cm³/mol. The lowest BCUT2D eigenvalue weighted by Crippen LogP contribution is -2.43. The monoisotopic (exact) mass is 284 g/mol. The molecule has 0 amide bonds. The van der Waals surface area contributed by atoms with Gasteiger partial charge in [-0.1, -0.05) is 37.1 Å². The Labute approximate surface area is 126 Å². The smallest absolute Gasteiger partial charge is 0.159 e. The van der Waals surface area contributed by atoms with Crippen molar-refractivity contribution in [2.24, 2.45) is 11.7 Å². The highest BCUT2D eigenvalue weighted by Gasteiger charge is 2.29. The van der Waals surface area contributed by atoms with Crippen LogP contribution >= 0.6 is 0 Å². The molecule has 1 aliphatic carbocycles. The average Bonchev–Trinajstić information content (AvgIpc) is 2.55. The number of aryl methyl sites for hydroxylation is 1. The van der Waals surface area contributed by atoms with E-state index in [9.17, 15) is 0 Å². The van der Waals surface area contributed by atoms with Gasteiger partial charge in [-0.25, -0.2) is 0 Å². The molecular weight excluding hydrogens is 260 g/mol. The summed E-state index contributed by atoms with van der Waals surface area (Å²) in [6.07, 6.45) is 5.00. The van der Waals surface area contributed by atoms with Gasteiger partial charge in [0.2, 0.25) is 0 Å². The first-order valence-corrected chi connectivity index (χ1v) is 7.87. The molecule has 1 aromatic heterocycles. The number of nitrogens with two attached hydrogens (primary N) is 1. The zero-order valence-corrected chi connectivity index (χ0v) is 12.9. The molecule has 1 saturated carbocycles. The summed E-state index contributed by atoms with van der Waals surface area (Å²) in [6, 6.07) is 8.87. The second-order valence-electron chi connectivity index (χ2n) is 6.11. The number of anilines is 1. The molecular formula is C17H24N4. The Balaban J connectivity index is 2.01. The molecule has 1 aromatic carbocycles. The molecule has 0 spiro atoms. The van der Waals surface area contributed by atoms with Crippen molar-refractivity contribution < 1.29 is 0 Å². The fourth-order valence-electron chi connectivity index (χ4n) is 3.61. The van der Waals surface area contributed by atoms with Gasteiger partial charge in [-0.2, -0.15) is 5.10 Å². The standard InChI is InChI=1S/C17H24N4/c1-12-14-8-4-5-9-15(14)17(20-19-12)21(2)16-10-6-3-7-13(16)11-18/h4-5,8-9,13,16H,3,6-7,10-11,18H2,1-2H3. The van der Waals surface area contributed by atoms with E-state index < -0.39 is 0 Å². The largest absolute Gasteiger partial charge is 0.354 e. The number of nitrogens with zero attached hydrogens (tertiary/aromatic N) is 3. The van der Waals surface area contributed by atoms with Crippen LogP contribution in [0.15, 0.2) is 24.3 Å². The van der Waals surface area contributed by atoms with Crippen LogP contribution in [0.3, 0.4) is 0 Å². The van der Waals surface area contributed by atoms with Gasteiger partial charge in [-0.15, -0.1) is 5.10 Å². The van der Waals surface area contributed by atoms with Crippen LogP contribution in [0.25, 0.3) is 10.8 Å². The van der Waals surface area contributed by atoms with Crippen LogP contribution in [-0.4, -0.2) is 29.8 Å². The van der Waals surface area contributed by atoms with Gasteiger partial charge >= 0.3 is 0 Å². The number of hydrogen-bond donors (Lipinski definition) is 1. The molecule has 1 fully saturated rings. The summed E-state index contributed by atoms with van der Waals surface area (Å²) < 4.78 is 0. The second-order valence-corrected chi connectivity index (χ2v) is 6.11. The van der Waals surface area contributed by atoms with Crippen molar-refractivity contribution in [1.29, 1.82) is 0 Å². The summed E-state index contributed by atoms with van der Waals surface area (Å²) in [5, 5.41) is 11.2. The summed E-state index contributed by atoms with van der Waals surface area (Å²) in [6.45, 7) is 2.77. The minimum Gasteiger partial charge on any atom is -0.354 e. The van der Waals surface area contributed by atoms with Crippen molar-refractivity contribution in [3.05, 3.63) is 30.0 Å². The van der Waals surface area contributed by atoms with Gasteiger partial charge in [0.05, 0.1) is 5.69 Å². The lowest BCUT2D eigenvalue weighted by Gasteiger charge is -2.38. The molecule has 2 unspecified atom stereocenters. The van der Waals surface area contributed by atoms with E-state index in [2.05, 4.69) is 46.4 Å². The van der Waals surface area contributed by atoms with E-state index in [1.807, 2.05) is 6.92 Å². The Kier molecular flexibility index (Phi) is 4.06. The quantitative estimate of drug-likeness (QED) is 0.941. The van der Waals surface area contributed by atoms with Crippen molar-refractivity contribution in [1.82, 2.24) is 10.2 Å². The third-order valence-electron chi connectivity index (χ3n) is 4.86. The molecule has 1 aliphatic rings. The molecule has 21 heavy (non-hydrogen) atoms. The summed E-state index contributed by atoms with van der Waals surface area (Å²) in [5.74, 6) is 1.55. The Hall–Kier alpha value is -1.68. The molecule has 0 saturated heterocycles. The first kappa shape index (κ1) is 14.3. The lowest BCUT2D eigenvalue weighted by atomic mass is 9.83. The number of hydrogen-bond acceptors (Lipinski definition) is 4. The van der Waals surface area contributed by atoms with Crippen molar-refractivity contribution >= 4 is 16.6 Å². The van der Waals surface area contributed by atoms with Crippen LogP contribution < -0.4 is 10.6 Å². The number of aromatic nitrogens is 2. The fraction of sp³-hybridized carbons (Fsp3) is 0.529. The zero-order valence-electron chi connectivity index (χ0n) is 12.9. The minimum atomic E-state index is 0.476. The Morgan fingerprint density at radius 3 is 2.62 bits per heavy atom. The van der Waals surface area contributed by atoms with Gasteiger partial charge in [-0.3, -0.25) is 0 Å². The van der Waals surface area contributed by atoms with E-state index in [1.165, 1.54) is 36.5 Å². The Morgan fingerprint density at radius 1 is 1.14 bits per heavy atom. The van der Waals surface area contributed by atoms with Gasteiger partial charge in [0, 0.05) is 23.9 Å². The third kappa shape index (κ3) is 2.60. The summed E-state index contributed by atoms with van der Waals surface area (Å²) in [4.78, 5) is 2.31. The van der Waals surface area contributed by atoms with E-state index in [0.717, 1.165) is 18.1 Å². The normalized spacial score (nSPS) is 22.4. The van der Waals surface area contributed by atoms with E-state index >= 15 is 0 Å². The SMILES string of the molecule is Cc1nnc(N(C)C2CCCCC2CN)c2ccccc12. The lowest BCUT2D eigenvalue weighted by molar-refractivity contribution is 0.305. The molecule has 4 heteroatoms. The van der Waals surface area contributed by atoms with Gasteiger partial charge < -0.3 is 10.6 Å². The highest BCUT2D eigenvalue weighted by molar-refractivity contribution is 5.93. The molecule has 0 radical (unpaired) electrons. The van der Waals surface area contributed by atoms with Crippen molar-refractivity contribution in [2.45, 2.75) is 38.6 Å². The van der Waals surface area contributed by atoms with Crippen LogP contribution in [0.2, 0.25) is 0 Å². The van der Waals surface area contributed by atoms with Crippen LogP contribution in [0, 0.1) is 12.8 Å². The fourth-order valence-corrected chi connectivity index (χ4v) is 3.61. The predicted octanol–water partition coefficient (Wildman–Crippen LogP) is 2.89. The Morgan fingerprint density at radius 2 is 1.86 bits per heavy atom. The molecule has 0 aliphatic heterocycles. The maximum absolute atomic E-state index is 5.98. The Bertz CT molecular complexity index is 625. The van der Waals surface area contributed by atoms with E-state index in [4.69, 9.17) is 5.73 Å². The molecule has 4 nitrogen and oxygen atoms in total. The second kappa shape index (κ2) is 5.98. The maximum Gasteiger partial charge on any atom is 0.159 e. The topological polar surface area (TPSA) is 55.0 Å². The molecule has 0 bridgehead atoms. The molecule has 3 rings (SSSR count). The van der Waals surface area contributed by atoms with Gasteiger partial charge in [0.25, 0.3) is 0 Å². The minimum absolute atomic E-state index is 0.476. The molecule has 1 heterocycles. The van der Waals surface area contributed by atoms with Crippen LogP contribution in [-0.2, 0) is 0 Å². The number of benzene rings is 1. The summed E-state index contributed by atoms with van der Waals surface area (Å²) in [7, 11) is 2.14. The van der Waals surface area contributed by atoms with Gasteiger partial charge in [0.1, 0.15) is 0 Å². The first-order valence-electron chi connectivity index (χ1n) is 7.87. The van der Waals surface area contributed by atoms with Crippen LogP contribution in [0.4, 0.5) is 5.82 Å². The molecule has 112 valence electrons. The van der Waals surface area contributed by atoms with Crippen LogP contribution in [0.1, 0.15) is 31.4 Å². The van der Waals surface area contributed by atoms with Crippen molar-refractivity contribution in [3.63, 3.8) is 0 Å². The summed E-state index contributed by atoms with van der Waals surface area (Å²) in [5.41, 5.74) is 6.97. The highest BCUT2D eigenvalue weighted by atomic mass is 15.3. The van der Waals surface area contributed by atoms with E-state index in [0.29, 0.717) is 12.0 Å². The van der Waals surface area contributed by atoms with Gasteiger partial charge in [-0.05, 0) is 32.2 Å². The molecule has 2 N–H and O–H groups in total. The average molecular weight is 284 g/mol. The first-order chi connectivity index (χ1) is 10.2. The van der Waals surface area contributed by atoms with Crippen molar-refractivity contribution in [2.75, 3.05) is 18.5 Å². The van der Waals surface area contributed by atoms with Crippen molar-refractivity contribution in [3.8, 4) is 0 Å². The van der Waals surface area contributed by atoms with E-state index in [1.54, 1.807) is 0 Å². The zero-order chi connectivity index (χ0) is 14.8. The number of rotatable bonds is 3. The third-order valence-corrected chi connectivity index (χ3v) is 4.86. The van der Waals surface area contributed by atoms with Crippen LogP contribution in [0.5, 0.6) is 0 Å². The molecule has 2 atom stereocenters. The van der Waals surface area contributed by atoms with E-state index in [-0.39, 0.29) is 0 Å². The summed E-state index contributed by atoms with van der Waals surface area (Å²) >= 11 is 0. The maximum atomic E-state index is 5.98. The molecule has 2 aromatic rings. The van der Waals surface area contributed by atoms with Gasteiger partial charge in [0.15, 0.2) is 5.82 Å².